The zero-order chi connectivity index (χ0) is 22.0. The Morgan fingerprint density at radius 2 is 1.77 bits per heavy atom. The number of hydrogen-bond donors (Lipinski definition) is 2. The number of carbonyl (C=O) groups excluding carboxylic acids is 1. The number of likely N-dealkylation sites (N-methyl/N-ethyl adjacent to an activating group) is 1. The maximum absolute atomic E-state index is 12.0. The molecule has 2 heterocycles. The average molecular weight is 425 g/mol. The number of likely N-dealkylation sites (tertiary alicyclic amines) is 1. The third-order valence-electron chi connectivity index (χ3n) is 5.60. The molecule has 0 aliphatic carbocycles. The van der Waals surface area contributed by atoms with E-state index in [1.807, 2.05) is 20.8 Å². The SMILES string of the molecule is CCNC(=NCCCCN1CCN(CC)CC1)N1CCC(NC(=O)OC(C)(C)C)C1. The Balaban J connectivity index is 1.69. The third kappa shape index (κ3) is 9.08. The van der Waals surface area contributed by atoms with E-state index < -0.39 is 5.60 Å². The van der Waals surface area contributed by atoms with E-state index in [2.05, 4.69) is 39.2 Å². The largest absolute Gasteiger partial charge is 0.444 e. The van der Waals surface area contributed by atoms with E-state index in [0.29, 0.717) is 0 Å². The van der Waals surface area contributed by atoms with E-state index in [0.717, 1.165) is 45.0 Å². The number of nitrogens with zero attached hydrogens (tertiary/aromatic N) is 4. The summed E-state index contributed by atoms with van der Waals surface area (Å²) >= 11 is 0. The molecule has 0 radical (unpaired) electrons. The molecular weight excluding hydrogens is 380 g/mol. The van der Waals surface area contributed by atoms with E-state index in [9.17, 15) is 4.79 Å². The molecule has 0 aromatic rings. The third-order valence-corrected chi connectivity index (χ3v) is 5.60. The molecule has 1 atom stereocenters. The Hall–Kier alpha value is -1.54. The number of piperazine rings is 1. The molecule has 0 aromatic heterocycles. The molecule has 0 spiro atoms. The molecule has 1 unspecified atom stereocenters. The number of ether oxygens (including phenoxy) is 1. The Morgan fingerprint density at radius 1 is 1.07 bits per heavy atom. The Morgan fingerprint density at radius 3 is 2.40 bits per heavy atom. The van der Waals surface area contributed by atoms with E-state index >= 15 is 0 Å². The fourth-order valence-corrected chi connectivity index (χ4v) is 3.93. The second-order valence-corrected chi connectivity index (χ2v) is 9.30. The number of carbonyl (C=O) groups is 1. The van der Waals surface area contributed by atoms with Gasteiger partial charge in [0.15, 0.2) is 5.96 Å². The molecule has 2 fully saturated rings. The van der Waals surface area contributed by atoms with Gasteiger partial charge in [0.2, 0.25) is 0 Å². The molecule has 8 heteroatoms. The second-order valence-electron chi connectivity index (χ2n) is 9.30. The van der Waals surface area contributed by atoms with Gasteiger partial charge in [-0.3, -0.25) is 4.99 Å². The number of rotatable bonds is 8. The maximum Gasteiger partial charge on any atom is 0.407 e. The highest BCUT2D eigenvalue weighted by Crippen LogP contribution is 2.12. The van der Waals surface area contributed by atoms with Crippen LogP contribution in [0.4, 0.5) is 4.79 Å². The zero-order valence-corrected chi connectivity index (χ0v) is 19.9. The van der Waals surface area contributed by atoms with Crippen molar-refractivity contribution in [1.29, 1.82) is 0 Å². The lowest BCUT2D eigenvalue weighted by Crippen LogP contribution is -2.46. The topological polar surface area (TPSA) is 72.4 Å². The molecule has 8 nitrogen and oxygen atoms in total. The van der Waals surface area contributed by atoms with Crippen molar-refractivity contribution in [3.05, 3.63) is 0 Å². The van der Waals surface area contributed by atoms with Crippen molar-refractivity contribution in [1.82, 2.24) is 25.3 Å². The minimum Gasteiger partial charge on any atom is -0.444 e. The predicted molar refractivity (Wildman–Crippen MR) is 123 cm³/mol. The van der Waals surface area contributed by atoms with E-state index in [-0.39, 0.29) is 12.1 Å². The maximum atomic E-state index is 12.0. The molecule has 2 N–H and O–H groups in total. The van der Waals surface area contributed by atoms with Crippen LogP contribution in [0.15, 0.2) is 4.99 Å². The highest BCUT2D eigenvalue weighted by atomic mass is 16.6. The summed E-state index contributed by atoms with van der Waals surface area (Å²) in [6, 6.07) is 0.102. The first kappa shape index (κ1) is 24.7. The quantitative estimate of drug-likeness (QED) is 0.353. The van der Waals surface area contributed by atoms with Gasteiger partial charge < -0.3 is 30.1 Å². The fourth-order valence-electron chi connectivity index (χ4n) is 3.93. The van der Waals surface area contributed by atoms with Gasteiger partial charge in [-0.1, -0.05) is 6.92 Å². The molecule has 0 saturated carbocycles. The summed E-state index contributed by atoms with van der Waals surface area (Å²) in [5.74, 6) is 0.961. The summed E-state index contributed by atoms with van der Waals surface area (Å²) in [5, 5.41) is 6.39. The Labute approximate surface area is 183 Å². The van der Waals surface area contributed by atoms with Crippen molar-refractivity contribution in [2.45, 2.75) is 65.5 Å². The molecule has 2 rings (SSSR count). The predicted octanol–water partition coefficient (Wildman–Crippen LogP) is 1.97. The van der Waals surface area contributed by atoms with Crippen molar-refractivity contribution in [2.24, 2.45) is 4.99 Å². The van der Waals surface area contributed by atoms with Crippen LogP contribution in [0.2, 0.25) is 0 Å². The number of guanidine groups is 1. The molecule has 30 heavy (non-hydrogen) atoms. The number of nitrogens with one attached hydrogen (secondary N) is 2. The molecular formula is C22H44N6O2. The van der Waals surface area contributed by atoms with Crippen molar-refractivity contribution in [3.8, 4) is 0 Å². The molecule has 2 aliphatic heterocycles. The van der Waals surface area contributed by atoms with E-state index in [1.54, 1.807) is 0 Å². The van der Waals surface area contributed by atoms with Gasteiger partial charge in [-0.2, -0.15) is 0 Å². The van der Waals surface area contributed by atoms with Crippen LogP contribution in [-0.4, -0.2) is 104 Å². The van der Waals surface area contributed by atoms with Crippen LogP contribution in [0.25, 0.3) is 0 Å². The van der Waals surface area contributed by atoms with E-state index in [4.69, 9.17) is 9.73 Å². The molecule has 0 bridgehead atoms. The normalized spacial score (nSPS) is 21.7. The van der Waals surface area contributed by atoms with Gasteiger partial charge in [-0.25, -0.2) is 4.79 Å². The highest BCUT2D eigenvalue weighted by Gasteiger charge is 2.27. The van der Waals surface area contributed by atoms with Crippen molar-refractivity contribution in [2.75, 3.05) is 65.4 Å². The lowest BCUT2D eigenvalue weighted by atomic mass is 10.2. The number of unbranched alkanes of at least 4 members (excludes halogenated alkanes) is 1. The van der Waals surface area contributed by atoms with Crippen LogP contribution in [0.5, 0.6) is 0 Å². The first-order chi connectivity index (χ1) is 14.3. The molecule has 2 saturated heterocycles. The summed E-state index contributed by atoms with van der Waals surface area (Å²) in [6.45, 7) is 20.5. The summed E-state index contributed by atoms with van der Waals surface area (Å²) < 4.78 is 5.38. The van der Waals surface area contributed by atoms with Crippen LogP contribution < -0.4 is 10.6 Å². The fraction of sp³-hybridized carbons (Fsp3) is 0.909. The summed E-state index contributed by atoms with van der Waals surface area (Å²) in [6.07, 6.45) is 2.87. The minimum atomic E-state index is -0.470. The highest BCUT2D eigenvalue weighted by molar-refractivity contribution is 5.80. The zero-order valence-electron chi connectivity index (χ0n) is 19.9. The minimum absolute atomic E-state index is 0.102. The summed E-state index contributed by atoms with van der Waals surface area (Å²) in [4.78, 5) is 24.2. The van der Waals surface area contributed by atoms with Gasteiger partial charge in [0.05, 0.1) is 6.04 Å². The van der Waals surface area contributed by atoms with Crippen molar-refractivity contribution < 1.29 is 9.53 Å². The smallest absolute Gasteiger partial charge is 0.407 e. The van der Waals surface area contributed by atoms with Crippen LogP contribution in [0.1, 0.15) is 53.9 Å². The van der Waals surface area contributed by atoms with Crippen LogP contribution in [-0.2, 0) is 4.74 Å². The monoisotopic (exact) mass is 424 g/mol. The first-order valence-electron chi connectivity index (χ1n) is 11.8. The van der Waals surface area contributed by atoms with Gasteiger partial charge in [0.25, 0.3) is 0 Å². The van der Waals surface area contributed by atoms with Crippen molar-refractivity contribution in [3.63, 3.8) is 0 Å². The Bertz CT molecular complexity index is 540. The number of alkyl carbamates (subject to hydrolysis) is 1. The molecule has 1 amide bonds. The number of hydrogen-bond acceptors (Lipinski definition) is 5. The standard InChI is InChI=1S/C22H44N6O2/c1-6-23-20(24-11-8-9-12-27-16-14-26(7-2)15-17-27)28-13-10-19(18-28)25-21(29)30-22(3,4)5/h19H,6-18H2,1-5H3,(H,23,24)(H,25,29). The lowest BCUT2D eigenvalue weighted by Gasteiger charge is -2.33. The summed E-state index contributed by atoms with van der Waals surface area (Å²) in [7, 11) is 0. The van der Waals surface area contributed by atoms with Gasteiger partial charge in [0.1, 0.15) is 5.60 Å². The van der Waals surface area contributed by atoms with Gasteiger partial charge in [-0.05, 0) is 60.0 Å². The summed E-state index contributed by atoms with van der Waals surface area (Å²) in [5.41, 5.74) is -0.470. The number of amides is 1. The van der Waals surface area contributed by atoms with Crippen LogP contribution in [0.3, 0.4) is 0 Å². The Kier molecular flexibility index (Phi) is 10.2. The van der Waals surface area contributed by atoms with Gasteiger partial charge in [0, 0.05) is 52.4 Å². The average Bonchev–Trinajstić information content (AvgIpc) is 3.14. The molecule has 2 aliphatic rings. The first-order valence-corrected chi connectivity index (χ1v) is 11.8. The second kappa shape index (κ2) is 12.3. The van der Waals surface area contributed by atoms with E-state index in [1.165, 1.54) is 45.7 Å². The number of aliphatic imine (C=N–C) groups is 1. The molecule has 0 aromatic carbocycles. The van der Waals surface area contributed by atoms with Crippen molar-refractivity contribution >= 4 is 12.1 Å². The van der Waals surface area contributed by atoms with Crippen LogP contribution >= 0.6 is 0 Å². The van der Waals surface area contributed by atoms with Crippen LogP contribution in [0, 0.1) is 0 Å². The van der Waals surface area contributed by atoms with Gasteiger partial charge in [-0.15, -0.1) is 0 Å². The molecule has 174 valence electrons. The lowest BCUT2D eigenvalue weighted by molar-refractivity contribution is 0.0507. The van der Waals surface area contributed by atoms with Gasteiger partial charge >= 0.3 is 6.09 Å².